The summed E-state index contributed by atoms with van der Waals surface area (Å²) in [6.07, 6.45) is 0. The maximum absolute atomic E-state index is 12.3. The summed E-state index contributed by atoms with van der Waals surface area (Å²) in [6, 6.07) is 10.1. The van der Waals surface area contributed by atoms with Gasteiger partial charge in [0.05, 0.1) is 19.1 Å². The molecule has 0 aliphatic heterocycles. The number of primary sulfonamides is 1. The monoisotopic (exact) mass is 394 g/mol. The summed E-state index contributed by atoms with van der Waals surface area (Å²) < 4.78 is 37.9. The van der Waals surface area contributed by atoms with Gasteiger partial charge in [-0.1, -0.05) is 12.1 Å². The maximum Gasteiger partial charge on any atom is 0.346 e. The van der Waals surface area contributed by atoms with Crippen LogP contribution in [0.3, 0.4) is 0 Å². The topological polar surface area (TPSA) is 134 Å². The van der Waals surface area contributed by atoms with Crippen LogP contribution in [0.5, 0.6) is 11.5 Å². The van der Waals surface area contributed by atoms with Crippen molar-refractivity contribution < 1.29 is 32.2 Å². The average molecular weight is 394 g/mol. The summed E-state index contributed by atoms with van der Waals surface area (Å²) in [7, 11) is -1.13. The quantitative estimate of drug-likeness (QED) is 0.673. The molecule has 0 bridgehead atoms. The van der Waals surface area contributed by atoms with Gasteiger partial charge < -0.3 is 19.5 Å². The summed E-state index contributed by atoms with van der Waals surface area (Å²) in [4.78, 5) is 24.1. The molecule has 0 atom stereocenters. The Hall–Kier alpha value is -3.11. The molecular weight excluding hydrogens is 376 g/mol. The number of ether oxygens (including phenoxy) is 3. The molecule has 9 nitrogen and oxygen atoms in total. The molecule has 10 heteroatoms. The highest BCUT2D eigenvalue weighted by Crippen LogP contribution is 2.28. The second-order valence-corrected chi connectivity index (χ2v) is 6.80. The van der Waals surface area contributed by atoms with Gasteiger partial charge in [0.2, 0.25) is 10.0 Å². The highest BCUT2D eigenvalue weighted by Gasteiger charge is 2.20. The molecule has 0 fully saturated rings. The second kappa shape index (κ2) is 8.52. The minimum Gasteiger partial charge on any atom is -0.496 e. The molecule has 2 aromatic rings. The van der Waals surface area contributed by atoms with Gasteiger partial charge >= 0.3 is 5.97 Å². The van der Waals surface area contributed by atoms with E-state index in [-0.39, 0.29) is 27.6 Å². The van der Waals surface area contributed by atoms with E-state index in [1.165, 1.54) is 38.5 Å². The Kier molecular flexibility index (Phi) is 6.37. The van der Waals surface area contributed by atoms with Gasteiger partial charge in [0.15, 0.2) is 6.61 Å². The van der Waals surface area contributed by atoms with E-state index < -0.39 is 28.5 Å². The number of nitrogens with two attached hydrogens (primary N) is 1. The third-order valence-corrected chi connectivity index (χ3v) is 4.32. The summed E-state index contributed by atoms with van der Waals surface area (Å²) in [5.74, 6) is -0.997. The number of carbonyl (C=O) groups is 2. The van der Waals surface area contributed by atoms with E-state index in [9.17, 15) is 18.0 Å². The van der Waals surface area contributed by atoms with Gasteiger partial charge in [0, 0.05) is 5.69 Å². The van der Waals surface area contributed by atoms with Crippen molar-refractivity contribution in [2.24, 2.45) is 5.14 Å². The number of rotatable bonds is 7. The van der Waals surface area contributed by atoms with Gasteiger partial charge in [-0.3, -0.25) is 4.79 Å². The van der Waals surface area contributed by atoms with Crippen molar-refractivity contribution in [1.82, 2.24) is 0 Å². The van der Waals surface area contributed by atoms with E-state index in [0.717, 1.165) is 0 Å². The molecule has 0 radical (unpaired) electrons. The van der Waals surface area contributed by atoms with E-state index in [2.05, 4.69) is 5.32 Å². The number of amides is 1. The Bertz CT molecular complexity index is 935. The summed E-state index contributed by atoms with van der Waals surface area (Å²) in [5.41, 5.74) is 0.240. The highest BCUT2D eigenvalue weighted by atomic mass is 32.2. The zero-order valence-corrected chi connectivity index (χ0v) is 15.4. The molecule has 0 saturated heterocycles. The van der Waals surface area contributed by atoms with Crippen molar-refractivity contribution in [2.45, 2.75) is 4.90 Å². The van der Waals surface area contributed by atoms with Gasteiger partial charge in [-0.15, -0.1) is 0 Å². The van der Waals surface area contributed by atoms with Crippen LogP contribution >= 0.6 is 0 Å². The van der Waals surface area contributed by atoms with Crippen molar-refractivity contribution >= 4 is 27.6 Å². The van der Waals surface area contributed by atoms with Crippen molar-refractivity contribution in [2.75, 3.05) is 26.1 Å². The molecule has 0 unspecified atom stereocenters. The fourth-order valence-electron chi connectivity index (χ4n) is 2.20. The molecule has 2 aromatic carbocycles. The number of methoxy groups -OCH3 is 2. The minimum absolute atomic E-state index is 0.0477. The standard InChI is InChI=1S/C17H18N2O7S/c1-24-13-7-4-8-14(25-2)16(13)17(21)26-10-15(20)19-11-5-3-6-12(9-11)27(18,22)23/h3-9H,10H2,1-2H3,(H,19,20)(H2,18,22,23). The number of sulfonamides is 1. The van der Waals surface area contributed by atoms with Gasteiger partial charge in [-0.2, -0.15) is 0 Å². The SMILES string of the molecule is COc1cccc(OC)c1C(=O)OCC(=O)Nc1cccc(S(N)(=O)=O)c1. The molecule has 0 spiro atoms. The predicted molar refractivity (Wildman–Crippen MR) is 96.3 cm³/mol. The van der Waals surface area contributed by atoms with Crippen molar-refractivity contribution in [1.29, 1.82) is 0 Å². The van der Waals surface area contributed by atoms with Crippen LogP contribution in [0.1, 0.15) is 10.4 Å². The Morgan fingerprint density at radius 1 is 1.04 bits per heavy atom. The molecule has 3 N–H and O–H groups in total. The first-order valence-corrected chi connectivity index (χ1v) is 9.11. The molecule has 27 heavy (non-hydrogen) atoms. The number of hydrogen-bond donors (Lipinski definition) is 2. The molecule has 0 heterocycles. The van der Waals surface area contributed by atoms with Crippen LogP contribution in [-0.2, 0) is 19.6 Å². The second-order valence-electron chi connectivity index (χ2n) is 5.23. The molecule has 0 aliphatic rings. The number of carbonyl (C=O) groups excluding carboxylic acids is 2. The van der Waals surface area contributed by atoms with Crippen LogP contribution in [0, 0.1) is 0 Å². The first kappa shape index (κ1) is 20.2. The van der Waals surface area contributed by atoms with Crippen molar-refractivity contribution in [3.05, 3.63) is 48.0 Å². The molecule has 144 valence electrons. The van der Waals surface area contributed by atoms with Crippen molar-refractivity contribution in [3.63, 3.8) is 0 Å². The van der Waals surface area contributed by atoms with Crippen molar-refractivity contribution in [3.8, 4) is 11.5 Å². The lowest BCUT2D eigenvalue weighted by molar-refractivity contribution is -0.119. The first-order chi connectivity index (χ1) is 12.8. The van der Waals surface area contributed by atoms with E-state index >= 15 is 0 Å². The van der Waals surface area contributed by atoms with E-state index in [0.29, 0.717) is 0 Å². The maximum atomic E-state index is 12.3. The first-order valence-electron chi connectivity index (χ1n) is 7.57. The normalized spacial score (nSPS) is 10.8. The smallest absolute Gasteiger partial charge is 0.346 e. The molecule has 2 rings (SSSR count). The molecule has 0 aromatic heterocycles. The molecule has 1 amide bonds. The Morgan fingerprint density at radius 2 is 1.63 bits per heavy atom. The largest absolute Gasteiger partial charge is 0.496 e. The van der Waals surface area contributed by atoms with Crippen LogP contribution in [0.4, 0.5) is 5.69 Å². The number of anilines is 1. The lowest BCUT2D eigenvalue weighted by Gasteiger charge is -2.12. The van der Waals surface area contributed by atoms with Crippen LogP contribution in [0.2, 0.25) is 0 Å². The zero-order valence-electron chi connectivity index (χ0n) is 14.6. The third kappa shape index (κ3) is 5.19. The fraction of sp³-hybridized carbons (Fsp3) is 0.176. The number of benzene rings is 2. The number of nitrogens with one attached hydrogen (secondary N) is 1. The Balaban J connectivity index is 2.05. The molecular formula is C17H18N2O7S. The Morgan fingerprint density at radius 3 is 2.19 bits per heavy atom. The minimum atomic E-state index is -3.90. The lowest BCUT2D eigenvalue weighted by Crippen LogP contribution is -2.21. The van der Waals surface area contributed by atoms with E-state index in [1.54, 1.807) is 18.2 Å². The average Bonchev–Trinajstić information content (AvgIpc) is 2.64. The van der Waals surface area contributed by atoms with Gasteiger partial charge in [0.25, 0.3) is 5.91 Å². The number of esters is 1. The molecule has 0 aliphatic carbocycles. The fourth-order valence-corrected chi connectivity index (χ4v) is 2.76. The van der Waals surface area contributed by atoms with Crippen LogP contribution in [0.15, 0.2) is 47.4 Å². The van der Waals surface area contributed by atoms with Crippen LogP contribution in [0.25, 0.3) is 0 Å². The number of hydrogen-bond acceptors (Lipinski definition) is 7. The highest BCUT2D eigenvalue weighted by molar-refractivity contribution is 7.89. The zero-order chi connectivity index (χ0) is 20.0. The van der Waals surface area contributed by atoms with Gasteiger partial charge in [-0.25, -0.2) is 18.4 Å². The predicted octanol–water partition coefficient (Wildman–Crippen LogP) is 1.15. The lowest BCUT2D eigenvalue weighted by atomic mass is 10.2. The summed E-state index contributed by atoms with van der Waals surface area (Å²) in [6.45, 7) is -0.598. The van der Waals surface area contributed by atoms with Crippen LogP contribution in [-0.4, -0.2) is 41.1 Å². The van der Waals surface area contributed by atoms with Crippen LogP contribution < -0.4 is 19.9 Å². The van der Waals surface area contributed by atoms with Gasteiger partial charge in [0.1, 0.15) is 17.1 Å². The summed E-state index contributed by atoms with van der Waals surface area (Å²) >= 11 is 0. The van der Waals surface area contributed by atoms with Gasteiger partial charge in [-0.05, 0) is 30.3 Å². The molecule has 0 saturated carbocycles. The third-order valence-electron chi connectivity index (χ3n) is 3.41. The summed E-state index contributed by atoms with van der Waals surface area (Å²) in [5, 5.41) is 7.46. The Labute approximate surface area is 156 Å². The van der Waals surface area contributed by atoms with E-state index in [4.69, 9.17) is 19.3 Å². The van der Waals surface area contributed by atoms with E-state index in [1.807, 2.05) is 0 Å².